The smallest absolute Gasteiger partial charge is 0.212 e. The summed E-state index contributed by atoms with van der Waals surface area (Å²) < 4.78 is 26.5. The molecule has 0 spiro atoms. The molecule has 0 heterocycles. The van der Waals surface area contributed by atoms with Gasteiger partial charge in [0.2, 0.25) is 10.0 Å². The van der Waals surface area contributed by atoms with Crippen LogP contribution in [0.15, 0.2) is 0 Å². The van der Waals surface area contributed by atoms with Crippen molar-refractivity contribution in [2.45, 2.75) is 104 Å². The Hall–Kier alpha value is -0.420. The van der Waals surface area contributed by atoms with Crippen molar-refractivity contribution in [1.82, 2.24) is 4.72 Å². The van der Waals surface area contributed by atoms with E-state index in [0.29, 0.717) is 12.8 Å². The molecule has 1 unspecified atom stereocenters. The van der Waals surface area contributed by atoms with Gasteiger partial charge in [0, 0.05) is 0 Å². The lowest BCUT2D eigenvalue weighted by Crippen LogP contribution is -2.40. The van der Waals surface area contributed by atoms with Crippen LogP contribution in [0.25, 0.3) is 0 Å². The van der Waals surface area contributed by atoms with Gasteiger partial charge in [0.25, 0.3) is 0 Å². The summed E-state index contributed by atoms with van der Waals surface area (Å²) in [5, 5.41) is 0. The van der Waals surface area contributed by atoms with Gasteiger partial charge in [-0.3, -0.25) is 4.79 Å². The van der Waals surface area contributed by atoms with Gasteiger partial charge in [-0.1, -0.05) is 78.1 Å². The van der Waals surface area contributed by atoms with Crippen molar-refractivity contribution < 1.29 is 13.2 Å². The monoisotopic (exact) mass is 347 g/mol. The minimum atomic E-state index is -3.33. The number of hydrogen-bond acceptors (Lipinski definition) is 3. The molecular weight excluding hydrogens is 310 g/mol. The summed E-state index contributed by atoms with van der Waals surface area (Å²) in [6.07, 6.45) is 13.2. The van der Waals surface area contributed by atoms with Crippen molar-refractivity contribution in [3.05, 3.63) is 0 Å². The van der Waals surface area contributed by atoms with Gasteiger partial charge in [0.1, 0.15) is 5.78 Å². The lowest BCUT2D eigenvalue weighted by molar-refractivity contribution is -0.118. The van der Waals surface area contributed by atoms with Crippen LogP contribution >= 0.6 is 0 Å². The fourth-order valence-electron chi connectivity index (χ4n) is 2.69. The molecule has 0 aliphatic heterocycles. The molecule has 138 valence electrons. The van der Waals surface area contributed by atoms with Gasteiger partial charge in [-0.2, -0.15) is 0 Å². The summed E-state index contributed by atoms with van der Waals surface area (Å²) in [6, 6.07) is -0.548. The van der Waals surface area contributed by atoms with E-state index < -0.39 is 16.1 Å². The highest BCUT2D eigenvalue weighted by atomic mass is 32.2. The van der Waals surface area contributed by atoms with E-state index in [9.17, 15) is 13.2 Å². The molecule has 0 saturated carbocycles. The molecule has 0 aromatic rings. The Morgan fingerprint density at radius 3 is 1.74 bits per heavy atom. The number of ketones is 1. The van der Waals surface area contributed by atoms with E-state index in [1.54, 1.807) is 0 Å². The summed E-state index contributed by atoms with van der Waals surface area (Å²) in [4.78, 5) is 11.4. The van der Waals surface area contributed by atoms with Crippen LogP contribution in [-0.2, 0) is 14.8 Å². The Bertz CT molecular complexity index is 393. The average molecular weight is 348 g/mol. The molecule has 5 heteroatoms. The molecule has 0 bridgehead atoms. The quantitative estimate of drug-likeness (QED) is 0.416. The zero-order valence-electron chi connectivity index (χ0n) is 15.4. The van der Waals surface area contributed by atoms with Crippen LogP contribution in [0.4, 0.5) is 0 Å². The number of rotatable bonds is 16. The molecule has 0 saturated heterocycles. The van der Waals surface area contributed by atoms with Gasteiger partial charge < -0.3 is 0 Å². The summed E-state index contributed by atoms with van der Waals surface area (Å²) in [7, 11) is -3.33. The van der Waals surface area contributed by atoms with Crippen molar-refractivity contribution in [2.75, 3.05) is 5.75 Å². The number of carbonyl (C=O) groups excluding carboxylic acids is 1. The molecule has 1 N–H and O–H groups in total. The second-order valence-electron chi connectivity index (χ2n) is 6.57. The number of Topliss-reactive ketones (excluding diaryl/α,β-unsaturated/α-hetero) is 1. The third kappa shape index (κ3) is 13.7. The van der Waals surface area contributed by atoms with E-state index in [1.165, 1.54) is 51.9 Å². The van der Waals surface area contributed by atoms with Crippen LogP contribution in [0.1, 0.15) is 97.8 Å². The minimum Gasteiger partial charge on any atom is -0.298 e. The summed E-state index contributed by atoms with van der Waals surface area (Å²) in [6.45, 7) is 5.62. The summed E-state index contributed by atoms with van der Waals surface area (Å²) in [5.74, 6) is 0.0373. The fraction of sp³-hybridized carbons (Fsp3) is 0.944. The van der Waals surface area contributed by atoms with E-state index in [1.807, 2.05) is 6.92 Å². The Morgan fingerprint density at radius 1 is 0.826 bits per heavy atom. The van der Waals surface area contributed by atoms with E-state index in [2.05, 4.69) is 11.6 Å². The van der Waals surface area contributed by atoms with Gasteiger partial charge in [0.05, 0.1) is 11.8 Å². The maximum Gasteiger partial charge on any atom is 0.212 e. The van der Waals surface area contributed by atoms with Crippen LogP contribution in [0.2, 0.25) is 0 Å². The fourth-order valence-corrected chi connectivity index (χ4v) is 4.11. The Balaban J connectivity index is 3.71. The van der Waals surface area contributed by atoms with E-state index in [-0.39, 0.29) is 11.5 Å². The highest BCUT2D eigenvalue weighted by Crippen LogP contribution is 2.11. The third-order valence-electron chi connectivity index (χ3n) is 4.16. The van der Waals surface area contributed by atoms with Gasteiger partial charge in [-0.15, -0.1) is 0 Å². The van der Waals surface area contributed by atoms with Gasteiger partial charge in [-0.25, -0.2) is 13.1 Å². The zero-order chi connectivity index (χ0) is 17.6. The Morgan fingerprint density at radius 2 is 1.30 bits per heavy atom. The van der Waals surface area contributed by atoms with Crippen LogP contribution in [0, 0.1) is 0 Å². The zero-order valence-corrected chi connectivity index (χ0v) is 16.2. The number of sulfonamides is 1. The highest BCUT2D eigenvalue weighted by molar-refractivity contribution is 7.89. The van der Waals surface area contributed by atoms with Gasteiger partial charge in [-0.05, 0) is 19.8 Å². The maximum absolute atomic E-state index is 12.0. The van der Waals surface area contributed by atoms with Gasteiger partial charge >= 0.3 is 0 Å². The molecule has 0 radical (unpaired) electrons. The average Bonchev–Trinajstić information content (AvgIpc) is 2.48. The predicted molar refractivity (Wildman–Crippen MR) is 98.1 cm³/mol. The molecule has 23 heavy (non-hydrogen) atoms. The first kappa shape index (κ1) is 22.6. The number of nitrogens with one attached hydrogen (secondary N) is 1. The van der Waals surface area contributed by atoms with Crippen molar-refractivity contribution in [1.29, 1.82) is 0 Å². The second-order valence-corrected chi connectivity index (χ2v) is 8.44. The molecule has 1 atom stereocenters. The molecule has 4 nitrogen and oxygen atoms in total. The first-order chi connectivity index (χ1) is 10.9. The number of hydrogen-bond donors (Lipinski definition) is 1. The molecule has 0 aliphatic rings. The topological polar surface area (TPSA) is 63.2 Å². The normalized spacial score (nSPS) is 13.2. The number of unbranched alkanes of at least 4 members (excludes halogenated alkanes) is 9. The standard InChI is InChI=1S/C18H37NO3S/c1-4-6-7-8-9-10-11-12-13-14-16-23(21,22)19-18(15-5-2)17(3)20/h18-19H,4-16H2,1-3H3. The van der Waals surface area contributed by atoms with Crippen LogP contribution < -0.4 is 4.72 Å². The first-order valence-corrected chi connectivity index (χ1v) is 11.1. The molecule has 0 aromatic carbocycles. The third-order valence-corrected chi connectivity index (χ3v) is 5.63. The highest BCUT2D eigenvalue weighted by Gasteiger charge is 2.20. The SMILES string of the molecule is CCCCCCCCCCCCS(=O)(=O)NC(CCC)C(C)=O. The van der Waals surface area contributed by atoms with Crippen LogP contribution in [0.5, 0.6) is 0 Å². The Kier molecular flexibility index (Phi) is 13.7. The van der Waals surface area contributed by atoms with Crippen molar-refractivity contribution in [3.8, 4) is 0 Å². The summed E-state index contributed by atoms with van der Waals surface area (Å²) in [5.41, 5.74) is 0. The first-order valence-electron chi connectivity index (χ1n) is 9.43. The predicted octanol–water partition coefficient (Wildman–Crippen LogP) is 4.58. The van der Waals surface area contributed by atoms with Crippen molar-refractivity contribution >= 4 is 15.8 Å². The lowest BCUT2D eigenvalue weighted by atomic mass is 10.1. The molecule has 0 aromatic heterocycles. The van der Waals surface area contributed by atoms with E-state index in [4.69, 9.17) is 0 Å². The molecule has 0 fully saturated rings. The molecule has 0 aliphatic carbocycles. The van der Waals surface area contributed by atoms with Crippen molar-refractivity contribution in [3.63, 3.8) is 0 Å². The van der Waals surface area contributed by atoms with Gasteiger partial charge in [0.15, 0.2) is 0 Å². The van der Waals surface area contributed by atoms with E-state index in [0.717, 1.165) is 19.3 Å². The molecular formula is C18H37NO3S. The minimum absolute atomic E-state index is 0.0986. The Labute approximate surface area is 143 Å². The van der Waals surface area contributed by atoms with E-state index >= 15 is 0 Å². The van der Waals surface area contributed by atoms with Crippen LogP contribution in [-0.4, -0.2) is 26.0 Å². The second kappa shape index (κ2) is 14.0. The molecule has 0 rings (SSSR count). The summed E-state index contributed by atoms with van der Waals surface area (Å²) >= 11 is 0. The number of carbonyl (C=O) groups is 1. The largest absolute Gasteiger partial charge is 0.298 e. The lowest BCUT2D eigenvalue weighted by Gasteiger charge is -2.15. The van der Waals surface area contributed by atoms with Crippen molar-refractivity contribution in [2.24, 2.45) is 0 Å². The van der Waals surface area contributed by atoms with Crippen LogP contribution in [0.3, 0.4) is 0 Å². The maximum atomic E-state index is 12.0. The molecule has 0 amide bonds.